The molecule has 0 aromatic heterocycles. The monoisotopic (exact) mass is 309 g/mol. The molecule has 0 aliphatic carbocycles. The van der Waals surface area contributed by atoms with E-state index in [0.717, 1.165) is 24.5 Å². The number of aromatic hydroxyl groups is 1. The SMILES string of the molecule is OCCCSCCNCc1cc(Cl)cc(Cl)c1O. The molecule has 0 heterocycles. The topological polar surface area (TPSA) is 52.5 Å². The zero-order valence-corrected chi connectivity index (χ0v) is 12.3. The number of phenols is 1. The summed E-state index contributed by atoms with van der Waals surface area (Å²) in [6, 6.07) is 3.22. The van der Waals surface area contributed by atoms with Crippen LogP contribution in [0, 0.1) is 0 Å². The summed E-state index contributed by atoms with van der Waals surface area (Å²) in [6.45, 7) is 1.61. The second kappa shape index (κ2) is 8.88. The molecule has 18 heavy (non-hydrogen) atoms. The first-order valence-corrected chi connectivity index (χ1v) is 7.62. The normalized spacial score (nSPS) is 10.8. The summed E-state index contributed by atoms with van der Waals surface area (Å²) in [5.41, 5.74) is 0.702. The molecule has 6 heteroatoms. The molecule has 0 spiro atoms. The predicted molar refractivity (Wildman–Crippen MR) is 78.9 cm³/mol. The van der Waals surface area contributed by atoms with Crippen LogP contribution in [0.25, 0.3) is 0 Å². The third-order valence-electron chi connectivity index (χ3n) is 2.29. The summed E-state index contributed by atoms with van der Waals surface area (Å²) >= 11 is 13.5. The van der Waals surface area contributed by atoms with Gasteiger partial charge in [0.2, 0.25) is 0 Å². The fourth-order valence-corrected chi connectivity index (χ4v) is 2.75. The molecule has 0 saturated carbocycles. The molecule has 3 nitrogen and oxygen atoms in total. The highest BCUT2D eigenvalue weighted by Gasteiger charge is 2.07. The molecule has 102 valence electrons. The van der Waals surface area contributed by atoms with Crippen molar-refractivity contribution in [3.8, 4) is 5.75 Å². The third-order valence-corrected chi connectivity index (χ3v) is 3.87. The number of hydrogen-bond acceptors (Lipinski definition) is 4. The van der Waals surface area contributed by atoms with Crippen molar-refractivity contribution < 1.29 is 10.2 Å². The van der Waals surface area contributed by atoms with Crippen molar-refractivity contribution >= 4 is 35.0 Å². The van der Waals surface area contributed by atoms with Crippen LogP contribution in [-0.4, -0.2) is 34.9 Å². The Morgan fingerprint density at radius 2 is 2.00 bits per heavy atom. The highest BCUT2D eigenvalue weighted by molar-refractivity contribution is 7.99. The van der Waals surface area contributed by atoms with E-state index >= 15 is 0 Å². The maximum Gasteiger partial charge on any atom is 0.138 e. The number of rotatable bonds is 8. The zero-order valence-electron chi connectivity index (χ0n) is 9.96. The molecule has 0 aliphatic rings. The van der Waals surface area contributed by atoms with Gasteiger partial charge in [0, 0.05) is 36.0 Å². The lowest BCUT2D eigenvalue weighted by Gasteiger charge is -2.08. The Morgan fingerprint density at radius 3 is 2.72 bits per heavy atom. The Kier molecular flexibility index (Phi) is 7.86. The van der Waals surface area contributed by atoms with Crippen molar-refractivity contribution in [2.24, 2.45) is 0 Å². The highest BCUT2D eigenvalue weighted by atomic mass is 35.5. The van der Waals surface area contributed by atoms with Crippen LogP contribution in [0.5, 0.6) is 5.75 Å². The number of halogens is 2. The average Bonchev–Trinajstić information content (AvgIpc) is 2.33. The van der Waals surface area contributed by atoms with Gasteiger partial charge in [-0.1, -0.05) is 23.2 Å². The first kappa shape index (κ1) is 15.9. The third kappa shape index (κ3) is 5.67. The minimum absolute atomic E-state index is 0.0847. The van der Waals surface area contributed by atoms with Gasteiger partial charge in [-0.3, -0.25) is 0 Å². The number of thioether (sulfide) groups is 1. The van der Waals surface area contributed by atoms with E-state index in [9.17, 15) is 5.11 Å². The summed E-state index contributed by atoms with van der Waals surface area (Å²) in [4.78, 5) is 0. The summed E-state index contributed by atoms with van der Waals surface area (Å²) in [5.74, 6) is 2.02. The average molecular weight is 310 g/mol. The molecule has 0 atom stereocenters. The first-order valence-electron chi connectivity index (χ1n) is 5.71. The molecule has 0 radical (unpaired) electrons. The van der Waals surface area contributed by atoms with Gasteiger partial charge in [-0.05, 0) is 24.3 Å². The Balaban J connectivity index is 2.27. The molecule has 0 amide bonds. The molecule has 1 aromatic rings. The van der Waals surface area contributed by atoms with Crippen molar-refractivity contribution in [2.45, 2.75) is 13.0 Å². The number of hydrogen-bond donors (Lipinski definition) is 3. The number of nitrogens with one attached hydrogen (secondary N) is 1. The number of phenolic OH excluding ortho intramolecular Hbond substituents is 1. The minimum Gasteiger partial charge on any atom is -0.506 e. The fourth-order valence-electron chi connectivity index (χ4n) is 1.39. The maximum atomic E-state index is 9.73. The van der Waals surface area contributed by atoms with Gasteiger partial charge >= 0.3 is 0 Å². The van der Waals surface area contributed by atoms with Crippen molar-refractivity contribution in [3.63, 3.8) is 0 Å². The second-order valence-electron chi connectivity index (χ2n) is 3.76. The van der Waals surface area contributed by atoms with E-state index in [-0.39, 0.29) is 17.4 Å². The lowest BCUT2D eigenvalue weighted by molar-refractivity contribution is 0.296. The Labute approximate surface area is 121 Å². The molecular weight excluding hydrogens is 293 g/mol. The van der Waals surface area contributed by atoms with Crippen LogP contribution in [0.3, 0.4) is 0 Å². The Bertz CT molecular complexity index is 377. The van der Waals surface area contributed by atoms with Crippen molar-refractivity contribution in [1.82, 2.24) is 5.32 Å². The lowest BCUT2D eigenvalue weighted by atomic mass is 10.2. The summed E-state index contributed by atoms with van der Waals surface area (Å²) in [5, 5.41) is 22.4. The molecule has 0 fully saturated rings. The fraction of sp³-hybridized carbons (Fsp3) is 0.500. The lowest BCUT2D eigenvalue weighted by Crippen LogP contribution is -2.16. The molecule has 3 N–H and O–H groups in total. The number of benzene rings is 1. The van der Waals surface area contributed by atoms with E-state index in [2.05, 4.69) is 5.32 Å². The van der Waals surface area contributed by atoms with Crippen LogP contribution in [0.1, 0.15) is 12.0 Å². The van der Waals surface area contributed by atoms with E-state index in [1.807, 2.05) is 0 Å². The predicted octanol–water partition coefficient (Wildman–Crippen LogP) is 2.90. The number of aliphatic hydroxyl groups is 1. The van der Waals surface area contributed by atoms with Gasteiger partial charge in [0.25, 0.3) is 0 Å². The maximum absolute atomic E-state index is 9.73. The number of aliphatic hydroxyl groups excluding tert-OH is 1. The van der Waals surface area contributed by atoms with E-state index < -0.39 is 0 Å². The second-order valence-corrected chi connectivity index (χ2v) is 5.83. The van der Waals surface area contributed by atoms with Crippen LogP contribution in [-0.2, 0) is 6.54 Å². The summed E-state index contributed by atoms with van der Waals surface area (Å²) < 4.78 is 0. The Hall–Kier alpha value is -0.130. The van der Waals surface area contributed by atoms with Crippen molar-refractivity contribution in [2.75, 3.05) is 24.7 Å². The standard InChI is InChI=1S/C12H17Cl2NO2S/c13-10-6-9(12(17)11(14)7-10)8-15-2-5-18-4-1-3-16/h6-7,15-17H,1-5,8H2. The van der Waals surface area contributed by atoms with Gasteiger partial charge in [-0.2, -0.15) is 11.8 Å². The first-order chi connectivity index (χ1) is 8.65. The van der Waals surface area contributed by atoms with Gasteiger partial charge in [-0.25, -0.2) is 0 Å². The van der Waals surface area contributed by atoms with Crippen LogP contribution in [0.4, 0.5) is 0 Å². The van der Waals surface area contributed by atoms with Gasteiger partial charge < -0.3 is 15.5 Å². The van der Waals surface area contributed by atoms with Gasteiger partial charge in [0.05, 0.1) is 5.02 Å². The summed E-state index contributed by atoms with van der Waals surface area (Å²) in [7, 11) is 0. The minimum atomic E-state index is 0.0847. The smallest absolute Gasteiger partial charge is 0.138 e. The highest BCUT2D eigenvalue weighted by Crippen LogP contribution is 2.30. The molecule has 0 aliphatic heterocycles. The molecule has 0 bridgehead atoms. The van der Waals surface area contributed by atoms with Gasteiger partial charge in [0.15, 0.2) is 0 Å². The Morgan fingerprint density at radius 1 is 1.22 bits per heavy atom. The van der Waals surface area contributed by atoms with Crippen LogP contribution < -0.4 is 5.32 Å². The van der Waals surface area contributed by atoms with Crippen LogP contribution in [0.15, 0.2) is 12.1 Å². The zero-order chi connectivity index (χ0) is 13.4. The molecule has 1 rings (SSSR count). The largest absolute Gasteiger partial charge is 0.506 e. The molecule has 0 unspecified atom stereocenters. The van der Waals surface area contributed by atoms with Crippen LogP contribution in [0.2, 0.25) is 10.0 Å². The molecule has 0 saturated heterocycles. The van der Waals surface area contributed by atoms with E-state index in [4.69, 9.17) is 28.3 Å². The van der Waals surface area contributed by atoms with Crippen molar-refractivity contribution in [3.05, 3.63) is 27.7 Å². The van der Waals surface area contributed by atoms with Crippen molar-refractivity contribution in [1.29, 1.82) is 0 Å². The van der Waals surface area contributed by atoms with Crippen LogP contribution >= 0.6 is 35.0 Å². The summed E-state index contributed by atoms with van der Waals surface area (Å²) in [6.07, 6.45) is 0.829. The van der Waals surface area contributed by atoms with Gasteiger partial charge in [-0.15, -0.1) is 0 Å². The molecule has 1 aromatic carbocycles. The molecular formula is C12H17Cl2NO2S. The van der Waals surface area contributed by atoms with Gasteiger partial charge in [0.1, 0.15) is 5.75 Å². The van der Waals surface area contributed by atoms with E-state index in [1.165, 1.54) is 6.07 Å². The van der Waals surface area contributed by atoms with E-state index in [0.29, 0.717) is 17.1 Å². The van der Waals surface area contributed by atoms with E-state index in [1.54, 1.807) is 17.8 Å². The quantitative estimate of drug-likeness (QED) is 0.646.